The largest absolute Gasteiger partial charge is 0.482 e. The summed E-state index contributed by atoms with van der Waals surface area (Å²) in [4.78, 5) is 37.3. The summed E-state index contributed by atoms with van der Waals surface area (Å²) in [5.41, 5.74) is 1.23. The number of esters is 1. The zero-order chi connectivity index (χ0) is 24.2. The minimum absolute atomic E-state index is 0.0530. The van der Waals surface area contributed by atoms with Crippen LogP contribution in [0.3, 0.4) is 0 Å². The van der Waals surface area contributed by atoms with Crippen molar-refractivity contribution < 1.29 is 28.3 Å². The lowest BCUT2D eigenvalue weighted by atomic mass is 10.1. The number of anilines is 1. The first-order valence-corrected chi connectivity index (χ1v) is 10.4. The summed E-state index contributed by atoms with van der Waals surface area (Å²) in [5, 5.41) is 14.3. The fraction of sp³-hybridized carbons (Fsp3) is 0.0833. The van der Waals surface area contributed by atoms with E-state index in [1.165, 1.54) is 29.2 Å². The maximum atomic E-state index is 13.1. The maximum Gasteiger partial charge on any atom is 0.357 e. The molecule has 0 unspecified atom stereocenters. The maximum absolute atomic E-state index is 13.1. The Kier molecular flexibility index (Phi) is 5.87. The number of carbonyl (C=O) groups is 3. The number of fused-ring (bicyclic) bond motifs is 1. The number of Topliss-reactive ketones (excluding diaryl/α,β-unsaturated/α-hetero) is 1. The summed E-state index contributed by atoms with van der Waals surface area (Å²) in [6, 6.07) is 16.9. The predicted molar refractivity (Wildman–Crippen MR) is 122 cm³/mol. The molecule has 174 valence electrons. The van der Waals surface area contributed by atoms with Gasteiger partial charge in [0.25, 0.3) is 5.91 Å². The Balaban J connectivity index is 1.38. The monoisotopic (exact) mass is 471 g/mol. The van der Waals surface area contributed by atoms with E-state index >= 15 is 0 Å². The Hall–Kier alpha value is -5.06. The highest BCUT2D eigenvalue weighted by Crippen LogP contribution is 2.28. The number of ether oxygens (including phenoxy) is 2. The minimum atomic E-state index is -0.839. The Morgan fingerprint density at radius 2 is 1.97 bits per heavy atom. The molecule has 2 aromatic carbocycles. The van der Waals surface area contributed by atoms with Gasteiger partial charge in [0.2, 0.25) is 0 Å². The van der Waals surface area contributed by atoms with Crippen molar-refractivity contribution in [1.82, 2.24) is 20.2 Å². The molecule has 35 heavy (non-hydrogen) atoms. The third kappa shape index (κ3) is 4.69. The number of nitrogens with zero attached hydrogens (tertiary/aromatic N) is 4. The first-order chi connectivity index (χ1) is 17.1. The van der Waals surface area contributed by atoms with E-state index in [0.29, 0.717) is 28.6 Å². The predicted octanol–water partition coefficient (Wildman–Crippen LogP) is 2.69. The molecule has 0 saturated carbocycles. The van der Waals surface area contributed by atoms with Gasteiger partial charge in [0, 0.05) is 17.2 Å². The number of hydrogen-bond acceptors (Lipinski definition) is 9. The highest BCUT2D eigenvalue weighted by atomic mass is 16.5. The van der Waals surface area contributed by atoms with Gasteiger partial charge in [0.15, 0.2) is 30.5 Å². The molecule has 4 aromatic rings. The Bertz CT molecular complexity index is 1430. The van der Waals surface area contributed by atoms with Crippen molar-refractivity contribution in [3.8, 4) is 17.1 Å². The van der Waals surface area contributed by atoms with Crippen molar-refractivity contribution in [1.29, 1.82) is 0 Å². The fourth-order valence-corrected chi connectivity index (χ4v) is 3.38. The molecular formula is C24H17N5O6. The van der Waals surface area contributed by atoms with Crippen LogP contribution in [-0.2, 0) is 14.3 Å². The van der Waals surface area contributed by atoms with Crippen LogP contribution in [0.15, 0.2) is 71.3 Å². The van der Waals surface area contributed by atoms with Crippen LogP contribution in [0.5, 0.6) is 5.75 Å². The van der Waals surface area contributed by atoms with Gasteiger partial charge < -0.3 is 19.2 Å². The van der Waals surface area contributed by atoms with Gasteiger partial charge in [-0.2, -0.15) is 4.68 Å². The number of hydrogen-bond donors (Lipinski definition) is 1. The van der Waals surface area contributed by atoms with Crippen LogP contribution < -0.4 is 10.1 Å². The van der Waals surface area contributed by atoms with E-state index in [9.17, 15) is 14.4 Å². The SMILES string of the molecule is O=C1COc2ccc(C(=O)COC(=O)/C(=C/c3ccco3)n3nnnc3-c3ccccc3)cc2N1. The van der Waals surface area contributed by atoms with E-state index in [-0.39, 0.29) is 23.8 Å². The molecule has 2 aromatic heterocycles. The summed E-state index contributed by atoms with van der Waals surface area (Å²) in [7, 11) is 0. The van der Waals surface area contributed by atoms with Crippen molar-refractivity contribution in [2.24, 2.45) is 0 Å². The molecule has 1 aliphatic heterocycles. The normalized spacial score (nSPS) is 12.9. The number of ketones is 1. The van der Waals surface area contributed by atoms with Gasteiger partial charge in [-0.15, -0.1) is 5.10 Å². The van der Waals surface area contributed by atoms with Crippen LogP contribution in [-0.4, -0.2) is 51.1 Å². The third-order valence-electron chi connectivity index (χ3n) is 5.03. The lowest BCUT2D eigenvalue weighted by Gasteiger charge is -2.18. The second-order valence-corrected chi connectivity index (χ2v) is 7.37. The quantitative estimate of drug-likeness (QED) is 0.245. The topological polar surface area (TPSA) is 138 Å². The number of benzene rings is 2. The number of amides is 1. The summed E-state index contributed by atoms with van der Waals surface area (Å²) >= 11 is 0. The van der Waals surface area contributed by atoms with E-state index in [2.05, 4.69) is 20.8 Å². The molecule has 11 heteroatoms. The van der Waals surface area contributed by atoms with Crippen LogP contribution >= 0.6 is 0 Å². The number of rotatable bonds is 7. The minimum Gasteiger partial charge on any atom is -0.482 e. The zero-order valence-electron chi connectivity index (χ0n) is 18.1. The van der Waals surface area contributed by atoms with Gasteiger partial charge in [-0.05, 0) is 40.8 Å². The lowest BCUT2D eigenvalue weighted by Crippen LogP contribution is -2.25. The number of furan rings is 1. The average molecular weight is 471 g/mol. The summed E-state index contributed by atoms with van der Waals surface area (Å²) in [5.74, 6) is -0.515. The van der Waals surface area contributed by atoms with Gasteiger partial charge in [-0.25, -0.2) is 4.79 Å². The number of carbonyl (C=O) groups excluding carboxylic acids is 3. The molecule has 0 aliphatic carbocycles. The van der Waals surface area contributed by atoms with Crippen LogP contribution in [0.1, 0.15) is 16.1 Å². The number of tetrazole rings is 1. The molecule has 1 aliphatic rings. The second kappa shape index (κ2) is 9.43. The van der Waals surface area contributed by atoms with E-state index in [1.54, 1.807) is 30.3 Å². The lowest BCUT2D eigenvalue weighted by molar-refractivity contribution is -0.136. The van der Waals surface area contributed by atoms with E-state index in [0.717, 1.165) is 0 Å². The molecule has 0 bridgehead atoms. The van der Waals surface area contributed by atoms with E-state index in [4.69, 9.17) is 13.9 Å². The molecule has 0 fully saturated rings. The molecule has 0 spiro atoms. The molecule has 1 N–H and O–H groups in total. The summed E-state index contributed by atoms with van der Waals surface area (Å²) in [6.07, 6.45) is 2.87. The summed E-state index contributed by atoms with van der Waals surface area (Å²) in [6.45, 7) is -0.643. The molecule has 5 rings (SSSR count). The molecular weight excluding hydrogens is 454 g/mol. The fourth-order valence-electron chi connectivity index (χ4n) is 3.38. The van der Waals surface area contributed by atoms with Crippen molar-refractivity contribution in [2.75, 3.05) is 18.5 Å². The standard InChI is InChI=1S/C24H17N5O6/c30-20(16-8-9-21-18(11-16)25-22(31)14-34-21)13-35-24(32)19(12-17-7-4-10-33-17)29-23(26-27-28-29)15-5-2-1-3-6-15/h1-12H,13-14H2,(H,25,31)/b19-12-. The molecule has 0 radical (unpaired) electrons. The van der Waals surface area contributed by atoms with Gasteiger partial charge in [0.05, 0.1) is 12.0 Å². The second-order valence-electron chi connectivity index (χ2n) is 7.37. The summed E-state index contributed by atoms with van der Waals surface area (Å²) < 4.78 is 17.2. The van der Waals surface area contributed by atoms with Crippen LogP contribution in [0.4, 0.5) is 5.69 Å². The third-order valence-corrected chi connectivity index (χ3v) is 5.03. The van der Waals surface area contributed by atoms with Gasteiger partial charge in [0.1, 0.15) is 11.5 Å². The smallest absolute Gasteiger partial charge is 0.357 e. The average Bonchev–Trinajstić information content (AvgIpc) is 3.58. The molecule has 0 saturated heterocycles. The number of aromatic nitrogens is 4. The zero-order valence-corrected chi connectivity index (χ0v) is 18.1. The van der Waals surface area contributed by atoms with E-state index < -0.39 is 18.4 Å². The molecule has 0 atom stereocenters. The van der Waals surface area contributed by atoms with Gasteiger partial charge >= 0.3 is 5.97 Å². The van der Waals surface area contributed by atoms with Crippen molar-refractivity contribution in [3.05, 3.63) is 78.3 Å². The van der Waals surface area contributed by atoms with Crippen LogP contribution in [0.2, 0.25) is 0 Å². The first kappa shape index (κ1) is 21.8. The highest BCUT2D eigenvalue weighted by Gasteiger charge is 2.23. The van der Waals surface area contributed by atoms with Crippen molar-refractivity contribution in [2.45, 2.75) is 0 Å². The first-order valence-electron chi connectivity index (χ1n) is 10.4. The van der Waals surface area contributed by atoms with Crippen molar-refractivity contribution >= 4 is 35.1 Å². The molecule has 3 heterocycles. The van der Waals surface area contributed by atoms with Crippen LogP contribution in [0.25, 0.3) is 23.2 Å². The molecule has 1 amide bonds. The highest BCUT2D eigenvalue weighted by molar-refractivity contribution is 6.16. The Labute approximate surface area is 198 Å². The van der Waals surface area contributed by atoms with E-state index in [1.807, 2.05) is 18.2 Å². The van der Waals surface area contributed by atoms with Crippen molar-refractivity contribution in [3.63, 3.8) is 0 Å². The molecule has 11 nitrogen and oxygen atoms in total. The Morgan fingerprint density at radius 1 is 1.11 bits per heavy atom. The number of nitrogens with one attached hydrogen (secondary N) is 1. The Morgan fingerprint density at radius 3 is 2.77 bits per heavy atom. The van der Waals surface area contributed by atoms with Gasteiger partial charge in [-0.3, -0.25) is 9.59 Å². The van der Waals surface area contributed by atoms with Gasteiger partial charge in [-0.1, -0.05) is 30.3 Å². The van der Waals surface area contributed by atoms with Crippen LogP contribution in [0, 0.1) is 0 Å².